The number of pyridine rings is 1. The summed E-state index contributed by atoms with van der Waals surface area (Å²) < 4.78 is 0. The molecule has 5 nitrogen and oxygen atoms in total. The van der Waals surface area contributed by atoms with Crippen LogP contribution in [0.5, 0.6) is 0 Å². The van der Waals surface area contributed by atoms with Gasteiger partial charge < -0.3 is 15.5 Å². The van der Waals surface area contributed by atoms with Crippen molar-refractivity contribution in [2.75, 3.05) is 24.2 Å². The molecule has 1 aromatic rings. The third-order valence-electron chi connectivity index (χ3n) is 6.56. The van der Waals surface area contributed by atoms with Crippen LogP contribution in [0.2, 0.25) is 0 Å². The Morgan fingerprint density at radius 1 is 0.963 bits per heavy atom. The fraction of sp³-hybridized carbons (Fsp3) is 0.727. The minimum Gasteiger partial charge on any atom is -0.381 e. The zero-order valence-corrected chi connectivity index (χ0v) is 16.7. The Labute approximate surface area is 163 Å². The summed E-state index contributed by atoms with van der Waals surface area (Å²) >= 11 is 0. The molecule has 4 rings (SSSR count). The van der Waals surface area contributed by atoms with Gasteiger partial charge in [0.05, 0.1) is 11.4 Å². The van der Waals surface area contributed by atoms with Gasteiger partial charge in [-0.25, -0.2) is 4.98 Å². The summed E-state index contributed by atoms with van der Waals surface area (Å²) in [6, 6.07) is 3.46. The minimum absolute atomic E-state index is 0.459. The van der Waals surface area contributed by atoms with Crippen LogP contribution in [0.4, 0.5) is 11.5 Å². The molecule has 1 aromatic heterocycles. The molecule has 0 amide bonds. The summed E-state index contributed by atoms with van der Waals surface area (Å²) in [6.45, 7) is 1.91. The Balaban J connectivity index is 1.68. The van der Waals surface area contributed by atoms with Crippen LogP contribution in [0.25, 0.3) is 0 Å². The number of nitriles is 1. The number of anilines is 2. The molecular formula is C22H33N5. The molecule has 3 aliphatic rings. The highest BCUT2D eigenvalue weighted by Gasteiger charge is 2.27. The van der Waals surface area contributed by atoms with Crippen molar-refractivity contribution in [1.82, 2.24) is 9.88 Å². The maximum Gasteiger partial charge on any atom is 0.146 e. The molecule has 0 atom stereocenters. The monoisotopic (exact) mass is 367 g/mol. The SMILES string of the molecule is CN1CCc2c(nc(NC3CCCCC3)c(C#N)c2NC2CCCCC2)C1. The Kier molecular flexibility index (Phi) is 5.83. The van der Waals surface area contributed by atoms with Crippen molar-refractivity contribution in [2.24, 2.45) is 0 Å². The van der Waals surface area contributed by atoms with Crippen LogP contribution in [0.1, 0.15) is 81.0 Å². The zero-order chi connectivity index (χ0) is 18.6. The van der Waals surface area contributed by atoms with Gasteiger partial charge in [-0.3, -0.25) is 0 Å². The second-order valence-corrected chi connectivity index (χ2v) is 8.69. The van der Waals surface area contributed by atoms with Gasteiger partial charge in [0.2, 0.25) is 0 Å². The molecule has 0 spiro atoms. The summed E-state index contributed by atoms with van der Waals surface area (Å²) in [5.41, 5.74) is 4.26. The topological polar surface area (TPSA) is 64.0 Å². The van der Waals surface area contributed by atoms with Gasteiger partial charge in [0, 0.05) is 30.7 Å². The number of nitrogens with zero attached hydrogens (tertiary/aromatic N) is 3. The van der Waals surface area contributed by atoms with E-state index in [9.17, 15) is 5.26 Å². The molecule has 2 aliphatic carbocycles. The number of nitrogens with one attached hydrogen (secondary N) is 2. The predicted molar refractivity (Wildman–Crippen MR) is 110 cm³/mol. The van der Waals surface area contributed by atoms with E-state index in [1.54, 1.807) is 0 Å². The van der Waals surface area contributed by atoms with E-state index in [2.05, 4.69) is 28.7 Å². The lowest BCUT2D eigenvalue weighted by Gasteiger charge is -2.32. The van der Waals surface area contributed by atoms with Gasteiger partial charge in [0.15, 0.2) is 0 Å². The standard InChI is InChI=1S/C22H33N5/c1-27-13-12-18-20(15-27)26-22(25-17-10-6-3-7-11-17)19(14-23)21(18)24-16-8-4-2-5-9-16/h16-17H,2-13,15H2,1H3,(H2,24,25,26). The Bertz CT molecular complexity index is 696. The molecule has 5 heteroatoms. The van der Waals surface area contributed by atoms with E-state index in [4.69, 9.17) is 4.98 Å². The van der Waals surface area contributed by atoms with Crippen molar-refractivity contribution < 1.29 is 0 Å². The smallest absolute Gasteiger partial charge is 0.146 e. The molecule has 0 radical (unpaired) electrons. The van der Waals surface area contributed by atoms with Gasteiger partial charge in [-0.05, 0) is 39.2 Å². The zero-order valence-electron chi connectivity index (χ0n) is 16.7. The summed E-state index contributed by atoms with van der Waals surface area (Å²) in [7, 11) is 2.16. The number of aromatic nitrogens is 1. The van der Waals surface area contributed by atoms with Crippen LogP contribution < -0.4 is 10.6 Å². The first-order valence-electron chi connectivity index (χ1n) is 10.9. The molecule has 2 saturated carbocycles. The number of hydrogen-bond acceptors (Lipinski definition) is 5. The summed E-state index contributed by atoms with van der Waals surface area (Å²) in [5.74, 6) is 0.816. The van der Waals surface area contributed by atoms with Crippen LogP contribution in [-0.4, -0.2) is 35.6 Å². The number of likely N-dealkylation sites (N-methyl/N-ethyl adjacent to an activating group) is 1. The Morgan fingerprint density at radius 2 is 1.59 bits per heavy atom. The van der Waals surface area contributed by atoms with E-state index in [0.717, 1.165) is 42.3 Å². The number of hydrogen-bond donors (Lipinski definition) is 2. The summed E-state index contributed by atoms with van der Waals surface area (Å²) in [6.07, 6.45) is 13.6. The number of fused-ring (bicyclic) bond motifs is 1. The van der Waals surface area contributed by atoms with Crippen LogP contribution in [0.15, 0.2) is 0 Å². The van der Waals surface area contributed by atoms with E-state index in [0.29, 0.717) is 12.1 Å². The van der Waals surface area contributed by atoms with Crippen LogP contribution >= 0.6 is 0 Å². The quantitative estimate of drug-likeness (QED) is 0.824. The Hall–Kier alpha value is -1.80. The van der Waals surface area contributed by atoms with Crippen molar-refractivity contribution in [3.8, 4) is 6.07 Å². The first kappa shape index (κ1) is 18.6. The highest BCUT2D eigenvalue weighted by atomic mass is 15.1. The molecule has 146 valence electrons. The highest BCUT2D eigenvalue weighted by Crippen LogP contribution is 2.35. The molecule has 2 fully saturated rings. The molecular weight excluding hydrogens is 334 g/mol. The van der Waals surface area contributed by atoms with Crippen molar-refractivity contribution in [1.29, 1.82) is 5.26 Å². The second kappa shape index (κ2) is 8.48. The predicted octanol–water partition coefficient (Wildman–Crippen LogP) is 4.43. The van der Waals surface area contributed by atoms with E-state index >= 15 is 0 Å². The van der Waals surface area contributed by atoms with Gasteiger partial charge in [-0.1, -0.05) is 38.5 Å². The molecule has 1 aliphatic heterocycles. The van der Waals surface area contributed by atoms with Gasteiger partial charge in [0.1, 0.15) is 17.5 Å². The molecule has 0 aromatic carbocycles. The summed E-state index contributed by atoms with van der Waals surface area (Å²) in [4.78, 5) is 7.30. The lowest BCUT2D eigenvalue weighted by molar-refractivity contribution is 0.308. The number of rotatable bonds is 4. The first-order valence-corrected chi connectivity index (χ1v) is 10.9. The average molecular weight is 368 g/mol. The third kappa shape index (κ3) is 4.21. The van der Waals surface area contributed by atoms with Gasteiger partial charge in [0.25, 0.3) is 0 Å². The maximum absolute atomic E-state index is 10.0. The van der Waals surface area contributed by atoms with E-state index in [-0.39, 0.29) is 0 Å². The molecule has 2 heterocycles. The molecule has 27 heavy (non-hydrogen) atoms. The van der Waals surface area contributed by atoms with E-state index in [1.807, 2.05) is 0 Å². The fourth-order valence-electron chi connectivity index (χ4n) is 4.97. The molecule has 0 unspecified atom stereocenters. The van der Waals surface area contributed by atoms with Gasteiger partial charge in [-0.2, -0.15) is 5.26 Å². The van der Waals surface area contributed by atoms with Crippen molar-refractivity contribution >= 4 is 11.5 Å². The van der Waals surface area contributed by atoms with E-state index < -0.39 is 0 Å². The van der Waals surface area contributed by atoms with Crippen molar-refractivity contribution in [3.63, 3.8) is 0 Å². The molecule has 0 saturated heterocycles. The van der Waals surface area contributed by atoms with Crippen molar-refractivity contribution in [2.45, 2.75) is 89.3 Å². The van der Waals surface area contributed by atoms with Crippen LogP contribution in [-0.2, 0) is 13.0 Å². The average Bonchev–Trinajstić information content (AvgIpc) is 2.69. The fourth-order valence-corrected chi connectivity index (χ4v) is 4.97. The normalized spacial score (nSPS) is 22.1. The van der Waals surface area contributed by atoms with Crippen molar-refractivity contribution in [3.05, 3.63) is 16.8 Å². The Morgan fingerprint density at radius 3 is 2.22 bits per heavy atom. The van der Waals surface area contributed by atoms with Gasteiger partial charge >= 0.3 is 0 Å². The molecule has 0 bridgehead atoms. The third-order valence-corrected chi connectivity index (χ3v) is 6.56. The van der Waals surface area contributed by atoms with E-state index in [1.165, 1.54) is 69.8 Å². The van der Waals surface area contributed by atoms with Crippen LogP contribution in [0, 0.1) is 11.3 Å². The maximum atomic E-state index is 10.0. The first-order chi connectivity index (χ1) is 13.2. The summed E-state index contributed by atoms with van der Waals surface area (Å²) in [5, 5.41) is 17.5. The minimum atomic E-state index is 0.459. The van der Waals surface area contributed by atoms with Gasteiger partial charge in [-0.15, -0.1) is 0 Å². The lowest BCUT2D eigenvalue weighted by atomic mass is 9.93. The largest absolute Gasteiger partial charge is 0.381 e. The van der Waals surface area contributed by atoms with Crippen LogP contribution in [0.3, 0.4) is 0 Å². The second-order valence-electron chi connectivity index (χ2n) is 8.69. The molecule has 2 N–H and O–H groups in total. The highest BCUT2D eigenvalue weighted by molar-refractivity contribution is 5.73. The lowest BCUT2D eigenvalue weighted by Crippen LogP contribution is -2.32.